The van der Waals surface area contributed by atoms with Crippen LogP contribution in [0.1, 0.15) is 38.2 Å². The normalized spacial score (nSPS) is 28.1. The van der Waals surface area contributed by atoms with E-state index in [1.165, 1.54) is 12.1 Å². The summed E-state index contributed by atoms with van der Waals surface area (Å²) in [6.45, 7) is 3.56. The van der Waals surface area contributed by atoms with Crippen LogP contribution in [0.25, 0.3) is 0 Å². The molecule has 0 aromatic heterocycles. The van der Waals surface area contributed by atoms with Gasteiger partial charge in [0.1, 0.15) is 11.6 Å². The molecule has 1 N–H and O–H groups in total. The number of rotatable bonds is 1. The van der Waals surface area contributed by atoms with Gasteiger partial charge in [0.25, 0.3) is 0 Å². The second-order valence-electron chi connectivity index (χ2n) is 5.35. The molecule has 1 aliphatic rings. The molecule has 1 fully saturated rings. The Balaban J connectivity index is 2.20. The van der Waals surface area contributed by atoms with Crippen molar-refractivity contribution in [2.45, 2.75) is 38.7 Å². The quantitative estimate of drug-likeness (QED) is 0.814. The summed E-state index contributed by atoms with van der Waals surface area (Å²) in [5.74, 6) is -0.200. The molecule has 1 saturated carbocycles. The minimum Gasteiger partial charge on any atom is -0.392 e. The van der Waals surface area contributed by atoms with Crippen molar-refractivity contribution < 1.29 is 14.3 Å². The first-order valence-corrected chi connectivity index (χ1v) is 5.88. The minimum absolute atomic E-state index is 0.00567. The Hall–Kier alpha value is -1.22. The molecule has 0 radical (unpaired) electrons. The van der Waals surface area contributed by atoms with Gasteiger partial charge in [-0.15, -0.1) is 0 Å². The summed E-state index contributed by atoms with van der Waals surface area (Å²) in [4.78, 5) is 11.9. The molecule has 0 amide bonds. The molecule has 0 saturated heterocycles. The van der Waals surface area contributed by atoms with Gasteiger partial charge in [0.05, 0.1) is 6.10 Å². The second-order valence-corrected chi connectivity index (χ2v) is 5.35. The zero-order valence-electron chi connectivity index (χ0n) is 10.1. The minimum atomic E-state index is -0.656. The van der Waals surface area contributed by atoms with Gasteiger partial charge in [0.15, 0.2) is 0 Å². The Labute approximate surface area is 100 Å². The number of carbonyl (C=O) groups excluding carboxylic acids is 1. The molecule has 3 heteroatoms. The lowest BCUT2D eigenvalue weighted by Gasteiger charge is -2.37. The molecule has 92 valence electrons. The predicted molar refractivity (Wildman–Crippen MR) is 63.2 cm³/mol. The van der Waals surface area contributed by atoms with Crippen LogP contribution in [0, 0.1) is 11.2 Å². The van der Waals surface area contributed by atoms with Gasteiger partial charge in [0.2, 0.25) is 0 Å². The van der Waals surface area contributed by atoms with Crippen LogP contribution in [0.4, 0.5) is 4.39 Å². The molecule has 17 heavy (non-hydrogen) atoms. The fourth-order valence-electron chi connectivity index (χ4n) is 2.31. The third-order valence-electron chi connectivity index (χ3n) is 3.83. The summed E-state index contributed by atoms with van der Waals surface area (Å²) in [6.07, 6.45) is 0.360. The van der Waals surface area contributed by atoms with Crippen molar-refractivity contribution in [1.29, 1.82) is 0 Å². The lowest BCUT2D eigenvalue weighted by Crippen LogP contribution is -2.43. The van der Waals surface area contributed by atoms with Crippen LogP contribution < -0.4 is 0 Å². The van der Waals surface area contributed by atoms with Gasteiger partial charge >= 0.3 is 0 Å². The van der Waals surface area contributed by atoms with Crippen molar-refractivity contribution in [1.82, 2.24) is 0 Å². The highest BCUT2D eigenvalue weighted by atomic mass is 19.1. The summed E-state index contributed by atoms with van der Waals surface area (Å²) in [6, 6.07) is 6.18. The van der Waals surface area contributed by atoms with E-state index in [-0.39, 0.29) is 17.5 Å². The summed E-state index contributed by atoms with van der Waals surface area (Å²) in [7, 11) is 0. The van der Waals surface area contributed by atoms with Crippen LogP contribution in [0.15, 0.2) is 24.3 Å². The molecular weight excluding hydrogens is 219 g/mol. The molecule has 0 spiro atoms. The highest BCUT2D eigenvalue weighted by Gasteiger charge is 2.42. The van der Waals surface area contributed by atoms with E-state index in [0.29, 0.717) is 12.8 Å². The molecule has 0 bridgehead atoms. The largest absolute Gasteiger partial charge is 0.392 e. The molecule has 2 atom stereocenters. The van der Waals surface area contributed by atoms with E-state index in [1.807, 2.05) is 0 Å². The molecular formula is C14H17FO2. The Bertz CT molecular complexity index is 422. The number of carbonyl (C=O) groups is 1. The summed E-state index contributed by atoms with van der Waals surface area (Å²) >= 11 is 0. The summed E-state index contributed by atoms with van der Waals surface area (Å²) in [5.41, 5.74) is 0.269. The molecule has 1 aromatic carbocycles. The van der Waals surface area contributed by atoms with E-state index in [9.17, 15) is 14.3 Å². The molecule has 2 unspecified atom stereocenters. The molecule has 2 rings (SSSR count). The van der Waals surface area contributed by atoms with Crippen molar-refractivity contribution in [2.24, 2.45) is 5.41 Å². The smallest absolute Gasteiger partial charge is 0.141 e. The van der Waals surface area contributed by atoms with E-state index in [0.717, 1.165) is 5.56 Å². The first-order chi connectivity index (χ1) is 7.91. The van der Waals surface area contributed by atoms with Crippen molar-refractivity contribution in [3.63, 3.8) is 0 Å². The van der Waals surface area contributed by atoms with Crippen molar-refractivity contribution in [2.75, 3.05) is 0 Å². The Kier molecular flexibility index (Phi) is 3.04. The van der Waals surface area contributed by atoms with E-state index in [1.54, 1.807) is 26.0 Å². The third kappa shape index (κ3) is 2.25. The maximum atomic E-state index is 12.8. The molecule has 1 aromatic rings. The van der Waals surface area contributed by atoms with Crippen molar-refractivity contribution in [3.8, 4) is 0 Å². The number of Topliss-reactive ketones (excluding diaryl/α,β-unsaturated/α-hetero) is 1. The number of aliphatic hydroxyl groups is 1. The van der Waals surface area contributed by atoms with E-state index in [2.05, 4.69) is 0 Å². The van der Waals surface area contributed by atoms with Crippen molar-refractivity contribution in [3.05, 3.63) is 35.6 Å². The van der Waals surface area contributed by atoms with Gasteiger partial charge in [-0.05, 0) is 30.0 Å². The number of halogens is 1. The average Bonchev–Trinajstić information content (AvgIpc) is 2.27. The number of hydrogen-bond acceptors (Lipinski definition) is 2. The first kappa shape index (κ1) is 12.2. The maximum absolute atomic E-state index is 12.8. The Morgan fingerprint density at radius 3 is 2.41 bits per heavy atom. The van der Waals surface area contributed by atoms with E-state index in [4.69, 9.17) is 0 Å². The maximum Gasteiger partial charge on any atom is 0.141 e. The van der Waals surface area contributed by atoms with Gasteiger partial charge in [-0.2, -0.15) is 0 Å². The lowest BCUT2D eigenvalue weighted by molar-refractivity contribution is -0.137. The van der Waals surface area contributed by atoms with Crippen molar-refractivity contribution >= 4 is 5.78 Å². The predicted octanol–water partition coefficient (Wildman–Crippen LogP) is 2.66. The fraction of sp³-hybridized carbons (Fsp3) is 0.500. The van der Waals surface area contributed by atoms with Crippen LogP contribution in [0.2, 0.25) is 0 Å². The number of ketones is 1. The monoisotopic (exact) mass is 236 g/mol. The zero-order valence-corrected chi connectivity index (χ0v) is 10.1. The van der Waals surface area contributed by atoms with Gasteiger partial charge in [0, 0.05) is 11.8 Å². The fourth-order valence-corrected chi connectivity index (χ4v) is 2.31. The van der Waals surface area contributed by atoms with Crippen LogP contribution in [0.5, 0.6) is 0 Å². The van der Waals surface area contributed by atoms with Crippen LogP contribution in [-0.4, -0.2) is 17.0 Å². The molecule has 2 nitrogen and oxygen atoms in total. The standard InChI is InChI=1S/C14H17FO2/c1-14(2)12(16)7-10(8-13(14)17)9-3-5-11(15)6-4-9/h3-6,10,12,16H,7-8H2,1-2H3. The number of benzene rings is 1. The first-order valence-electron chi connectivity index (χ1n) is 5.88. The topological polar surface area (TPSA) is 37.3 Å². The second kappa shape index (κ2) is 4.22. The number of hydrogen-bond donors (Lipinski definition) is 1. The lowest BCUT2D eigenvalue weighted by atomic mass is 9.68. The van der Waals surface area contributed by atoms with E-state index < -0.39 is 11.5 Å². The van der Waals surface area contributed by atoms with Gasteiger partial charge < -0.3 is 5.11 Å². The number of aliphatic hydroxyl groups excluding tert-OH is 1. The summed E-state index contributed by atoms with van der Waals surface area (Å²) < 4.78 is 12.8. The third-order valence-corrected chi connectivity index (χ3v) is 3.83. The molecule has 1 aliphatic carbocycles. The molecule has 0 heterocycles. The van der Waals surface area contributed by atoms with Gasteiger partial charge in [-0.3, -0.25) is 4.79 Å². The van der Waals surface area contributed by atoms with Crippen LogP contribution in [0.3, 0.4) is 0 Å². The van der Waals surface area contributed by atoms with Crippen LogP contribution >= 0.6 is 0 Å². The zero-order chi connectivity index (χ0) is 12.6. The SMILES string of the molecule is CC1(C)C(=O)CC(c2ccc(F)cc2)CC1O. The van der Waals surface area contributed by atoms with Gasteiger partial charge in [-0.1, -0.05) is 26.0 Å². The van der Waals surface area contributed by atoms with Gasteiger partial charge in [-0.25, -0.2) is 4.39 Å². The summed E-state index contributed by atoms with van der Waals surface area (Å²) in [5, 5.41) is 10.00. The highest BCUT2D eigenvalue weighted by Crippen LogP contribution is 2.40. The van der Waals surface area contributed by atoms with E-state index >= 15 is 0 Å². The highest BCUT2D eigenvalue weighted by molar-refractivity contribution is 5.86. The van der Waals surface area contributed by atoms with Crippen LogP contribution in [-0.2, 0) is 4.79 Å². The molecule has 0 aliphatic heterocycles. The Morgan fingerprint density at radius 1 is 1.29 bits per heavy atom. The average molecular weight is 236 g/mol. The Morgan fingerprint density at radius 2 is 1.88 bits per heavy atom.